The number of allylic oxidation sites excluding steroid dienone is 1. The van der Waals surface area contributed by atoms with E-state index in [1.165, 1.54) is 24.7 Å². The first-order valence-electron chi connectivity index (χ1n) is 9.52. The predicted octanol–water partition coefficient (Wildman–Crippen LogP) is 2.71. The quantitative estimate of drug-likeness (QED) is 0.357. The third-order valence-electron chi connectivity index (χ3n) is 5.04. The number of nitrogens with two attached hydrogens (primary N) is 1. The van der Waals surface area contributed by atoms with Crippen molar-refractivity contribution in [3.05, 3.63) is 29.2 Å². The van der Waals surface area contributed by atoms with E-state index in [1.807, 2.05) is 0 Å². The molecule has 12 heteroatoms. The third-order valence-corrected chi connectivity index (χ3v) is 6.39. The van der Waals surface area contributed by atoms with Crippen molar-refractivity contribution in [3.8, 4) is 11.5 Å². The fourth-order valence-electron chi connectivity index (χ4n) is 3.19. The van der Waals surface area contributed by atoms with Crippen molar-refractivity contribution < 1.29 is 22.2 Å². The van der Waals surface area contributed by atoms with Crippen LogP contribution in [0.3, 0.4) is 0 Å². The molecule has 2 aromatic heterocycles. The van der Waals surface area contributed by atoms with Gasteiger partial charge in [0.2, 0.25) is 0 Å². The maximum atomic E-state index is 13.7. The van der Waals surface area contributed by atoms with Crippen LogP contribution in [0.4, 0.5) is 19.0 Å². The number of alkyl halides is 3. The van der Waals surface area contributed by atoms with E-state index in [-0.39, 0.29) is 34.8 Å². The van der Waals surface area contributed by atoms with Gasteiger partial charge in [-0.05, 0) is 31.1 Å². The average Bonchev–Trinajstić information content (AvgIpc) is 3.53. The number of rotatable bonds is 8. The van der Waals surface area contributed by atoms with Crippen LogP contribution >= 0.6 is 0 Å². The van der Waals surface area contributed by atoms with Crippen LogP contribution in [-0.2, 0) is 17.8 Å². The maximum Gasteiger partial charge on any atom is 0.431 e. The van der Waals surface area contributed by atoms with E-state index in [1.54, 1.807) is 13.0 Å². The van der Waals surface area contributed by atoms with Gasteiger partial charge in [-0.2, -0.15) is 13.2 Å². The molecular formula is C19H23F3N6O2S. The molecule has 3 N–H and O–H groups in total. The third kappa shape index (κ3) is 4.64. The summed E-state index contributed by atoms with van der Waals surface area (Å²) < 4.78 is 55.0. The summed E-state index contributed by atoms with van der Waals surface area (Å²) in [5, 5.41) is 0. The zero-order chi connectivity index (χ0) is 22.9. The van der Waals surface area contributed by atoms with Crippen LogP contribution in [-0.4, -0.2) is 54.9 Å². The molecule has 0 bridgehead atoms. The van der Waals surface area contributed by atoms with E-state index >= 15 is 0 Å². The lowest BCUT2D eigenvalue weighted by atomic mass is 10.2. The molecule has 1 unspecified atom stereocenters. The second kappa shape index (κ2) is 8.79. The summed E-state index contributed by atoms with van der Waals surface area (Å²) >= 11 is 0. The number of hydrazine groups is 1. The highest BCUT2D eigenvalue weighted by Crippen LogP contribution is 2.37. The number of carbonyl (C=O) groups is 1. The Morgan fingerprint density at radius 3 is 2.58 bits per heavy atom. The second-order valence-corrected chi connectivity index (χ2v) is 8.78. The first kappa shape index (κ1) is 22.9. The molecule has 0 amide bonds. The van der Waals surface area contributed by atoms with Gasteiger partial charge in [-0.25, -0.2) is 15.8 Å². The Balaban J connectivity index is 2.21. The average molecular weight is 456 g/mol. The summed E-state index contributed by atoms with van der Waals surface area (Å²) in [6, 6.07) is 2.90. The van der Waals surface area contributed by atoms with Crippen molar-refractivity contribution in [3.63, 3.8) is 0 Å². The zero-order valence-corrected chi connectivity index (χ0v) is 18.0. The zero-order valence-electron chi connectivity index (χ0n) is 17.2. The molecule has 1 fully saturated rings. The molecule has 1 atom stereocenters. The first-order valence-corrected chi connectivity index (χ1v) is 10.8. The lowest BCUT2D eigenvalue weighted by Gasteiger charge is -2.24. The number of aldehydes is 1. The predicted molar refractivity (Wildman–Crippen MR) is 111 cm³/mol. The van der Waals surface area contributed by atoms with Gasteiger partial charge >= 0.3 is 6.18 Å². The minimum atomic E-state index is -4.62. The summed E-state index contributed by atoms with van der Waals surface area (Å²) in [6.45, 7) is 1.72. The van der Waals surface area contributed by atoms with Gasteiger partial charge in [-0.1, -0.05) is 6.92 Å². The van der Waals surface area contributed by atoms with E-state index in [2.05, 4.69) is 15.4 Å². The molecule has 0 saturated heterocycles. The van der Waals surface area contributed by atoms with Crippen LogP contribution in [0.25, 0.3) is 17.6 Å². The molecule has 0 aliphatic heterocycles. The summed E-state index contributed by atoms with van der Waals surface area (Å²) in [4.78, 5) is 21.8. The minimum absolute atomic E-state index is 0.0536. The van der Waals surface area contributed by atoms with Gasteiger partial charge < -0.3 is 14.9 Å². The lowest BCUT2D eigenvalue weighted by molar-refractivity contribution is -0.109. The van der Waals surface area contributed by atoms with Crippen LogP contribution in [0.15, 0.2) is 22.7 Å². The number of anilines is 1. The number of carbonyl (C=O) groups excluding carboxylic acids is 1. The molecule has 168 valence electrons. The molecule has 0 spiro atoms. The number of hydrogen-bond donors (Lipinski definition) is 2. The van der Waals surface area contributed by atoms with Crippen molar-refractivity contribution in [1.29, 1.82) is 0 Å². The monoisotopic (exact) mass is 456 g/mol. The summed E-state index contributed by atoms with van der Waals surface area (Å²) in [6.07, 6.45) is -1.96. The largest absolute Gasteiger partial charge is 0.431 e. The minimum Gasteiger partial charge on any atom is -0.368 e. The van der Waals surface area contributed by atoms with Gasteiger partial charge in [0.15, 0.2) is 12.1 Å². The summed E-state index contributed by atoms with van der Waals surface area (Å²) in [7, 11) is 1.44. The van der Waals surface area contributed by atoms with Gasteiger partial charge in [-0.3, -0.25) is 9.00 Å². The van der Waals surface area contributed by atoms with Gasteiger partial charge in [-0.15, -0.1) is 0 Å². The molecule has 1 saturated carbocycles. The van der Waals surface area contributed by atoms with Crippen LogP contribution in [0.1, 0.15) is 35.9 Å². The van der Waals surface area contributed by atoms with Crippen molar-refractivity contribution >= 4 is 29.0 Å². The molecular weight excluding hydrogens is 433 g/mol. The number of pyridine rings is 1. The number of nitrogens with one attached hydrogen (secondary N) is 1. The fraction of sp³-hybridized carbons (Fsp3) is 0.421. The van der Waals surface area contributed by atoms with Crippen LogP contribution in [0, 0.1) is 0 Å². The number of imidazole rings is 1. The molecule has 0 radical (unpaired) electrons. The van der Waals surface area contributed by atoms with Crippen molar-refractivity contribution in [2.45, 2.75) is 36.9 Å². The van der Waals surface area contributed by atoms with Gasteiger partial charge in [0.05, 0.1) is 21.4 Å². The van der Waals surface area contributed by atoms with Crippen molar-refractivity contribution in [1.82, 2.24) is 19.4 Å². The maximum absolute atomic E-state index is 13.7. The molecule has 3 rings (SSSR count). The van der Waals surface area contributed by atoms with Gasteiger partial charge in [0.25, 0.3) is 0 Å². The number of halogens is 3. The molecule has 8 nitrogen and oxygen atoms in total. The highest BCUT2D eigenvalue weighted by molar-refractivity contribution is 7.85. The topological polar surface area (TPSA) is 106 Å². The smallest absolute Gasteiger partial charge is 0.368 e. The Bertz CT molecular complexity index is 1050. The Morgan fingerprint density at radius 1 is 1.39 bits per heavy atom. The van der Waals surface area contributed by atoms with E-state index in [0.29, 0.717) is 29.8 Å². The van der Waals surface area contributed by atoms with E-state index in [4.69, 9.17) is 5.84 Å². The number of aromatic nitrogens is 3. The van der Waals surface area contributed by atoms with Crippen LogP contribution < -0.4 is 11.3 Å². The van der Waals surface area contributed by atoms with E-state index in [9.17, 15) is 22.2 Å². The number of nitrogens with zero attached hydrogens (tertiary/aromatic N) is 4. The van der Waals surface area contributed by atoms with E-state index < -0.39 is 22.7 Å². The molecule has 31 heavy (non-hydrogen) atoms. The first-order chi connectivity index (χ1) is 14.6. The Labute approximate surface area is 179 Å². The standard InChI is InChI=1S/C19H23F3N6O2S/c1-4-31(30)14-7-8-16(26-23)25-17(14)18-24-12(13(10-29)28(18)3)9-15(19(20,21)22)27(2)11-5-6-11/h7-11H,4-6,23H2,1-3H3,(H,25,26)/b15-9-. The highest BCUT2D eigenvalue weighted by Gasteiger charge is 2.41. The number of nitrogen functional groups attached to an aromatic ring is 1. The van der Waals surface area contributed by atoms with E-state index in [0.717, 1.165) is 11.0 Å². The highest BCUT2D eigenvalue weighted by atomic mass is 32.2. The molecule has 1 aliphatic carbocycles. The molecule has 1 aliphatic rings. The normalized spacial score (nSPS) is 15.6. The SMILES string of the molecule is CCS(=O)c1ccc(NN)nc1-c1nc(/C=C(\N(C)C2CC2)C(F)(F)F)c(C=O)n1C. The number of hydrogen-bond acceptors (Lipinski definition) is 7. The summed E-state index contributed by atoms with van der Waals surface area (Å²) in [5.41, 5.74) is 1.47. The van der Waals surface area contributed by atoms with Crippen molar-refractivity contribution in [2.75, 3.05) is 18.2 Å². The molecule has 0 aromatic carbocycles. The van der Waals surface area contributed by atoms with Crippen LogP contribution in [0.2, 0.25) is 0 Å². The van der Waals surface area contributed by atoms with Crippen LogP contribution in [0.5, 0.6) is 0 Å². The summed E-state index contributed by atoms with van der Waals surface area (Å²) in [5.74, 6) is 6.09. The fourth-order valence-corrected chi connectivity index (χ4v) is 4.07. The molecule has 2 aromatic rings. The second-order valence-electron chi connectivity index (χ2n) is 7.07. The molecule has 2 heterocycles. The lowest BCUT2D eigenvalue weighted by Crippen LogP contribution is -2.30. The van der Waals surface area contributed by atoms with Crippen molar-refractivity contribution in [2.24, 2.45) is 12.9 Å². The Kier molecular flexibility index (Phi) is 6.51. The Hall–Kier alpha value is -2.73. The van der Waals surface area contributed by atoms with Gasteiger partial charge in [0.1, 0.15) is 22.9 Å². The Morgan fingerprint density at radius 2 is 2.06 bits per heavy atom. The van der Waals surface area contributed by atoms with Gasteiger partial charge in [0, 0.05) is 25.9 Å².